The summed E-state index contributed by atoms with van der Waals surface area (Å²) in [5, 5.41) is 2.85. The van der Waals surface area contributed by atoms with E-state index in [1.807, 2.05) is 42.6 Å². The van der Waals surface area contributed by atoms with Gasteiger partial charge >= 0.3 is 0 Å². The summed E-state index contributed by atoms with van der Waals surface area (Å²) in [7, 11) is 0. The molecule has 0 radical (unpaired) electrons. The van der Waals surface area contributed by atoms with Gasteiger partial charge in [0.1, 0.15) is 5.69 Å². The van der Waals surface area contributed by atoms with E-state index in [4.69, 9.17) is 0 Å². The number of imidazole rings is 1. The zero-order valence-electron chi connectivity index (χ0n) is 11.3. The standard InChI is InChI=1S/C15H15N3OS/c1-10(2)16-14(19)12-8-18-9-13(20-15(18)17-12)11-6-4-3-5-7-11/h3-10H,1-2H3,(H,16,19). The molecule has 0 spiro atoms. The second-order valence-corrected chi connectivity index (χ2v) is 5.91. The summed E-state index contributed by atoms with van der Waals surface area (Å²) < 4.78 is 1.90. The first-order chi connectivity index (χ1) is 9.63. The van der Waals surface area contributed by atoms with Crippen molar-refractivity contribution in [2.45, 2.75) is 19.9 Å². The monoisotopic (exact) mass is 285 g/mol. The smallest absolute Gasteiger partial charge is 0.271 e. The third kappa shape index (κ3) is 2.44. The number of rotatable bonds is 3. The molecule has 0 saturated carbocycles. The lowest BCUT2D eigenvalue weighted by atomic mass is 10.2. The fourth-order valence-corrected chi connectivity index (χ4v) is 2.95. The van der Waals surface area contributed by atoms with Gasteiger partial charge in [-0.15, -0.1) is 0 Å². The van der Waals surface area contributed by atoms with Gasteiger partial charge in [0.15, 0.2) is 4.96 Å². The maximum Gasteiger partial charge on any atom is 0.271 e. The zero-order valence-corrected chi connectivity index (χ0v) is 12.1. The molecular weight excluding hydrogens is 270 g/mol. The van der Waals surface area contributed by atoms with E-state index in [9.17, 15) is 4.79 Å². The first kappa shape index (κ1) is 12.9. The van der Waals surface area contributed by atoms with Crippen molar-refractivity contribution in [1.29, 1.82) is 0 Å². The SMILES string of the molecule is CC(C)NC(=O)c1cn2cc(-c3ccccc3)sc2n1. The van der Waals surface area contributed by atoms with Crippen molar-refractivity contribution in [2.75, 3.05) is 0 Å². The van der Waals surface area contributed by atoms with E-state index >= 15 is 0 Å². The summed E-state index contributed by atoms with van der Waals surface area (Å²) in [6.45, 7) is 3.87. The first-order valence-corrected chi connectivity index (χ1v) is 7.30. The Morgan fingerprint density at radius 2 is 2.00 bits per heavy atom. The molecule has 0 bridgehead atoms. The molecule has 1 amide bonds. The van der Waals surface area contributed by atoms with Gasteiger partial charge < -0.3 is 5.32 Å². The highest BCUT2D eigenvalue weighted by molar-refractivity contribution is 7.20. The number of nitrogens with zero attached hydrogens (tertiary/aromatic N) is 2. The van der Waals surface area contributed by atoms with Crippen LogP contribution in [0, 0.1) is 0 Å². The van der Waals surface area contributed by atoms with Gasteiger partial charge in [0.05, 0.1) is 4.88 Å². The van der Waals surface area contributed by atoms with Gasteiger partial charge in [0, 0.05) is 18.4 Å². The highest BCUT2D eigenvalue weighted by Gasteiger charge is 2.13. The Kier molecular flexibility index (Phi) is 3.28. The average molecular weight is 285 g/mol. The second-order valence-electron chi connectivity index (χ2n) is 4.91. The van der Waals surface area contributed by atoms with Crippen molar-refractivity contribution in [3.05, 3.63) is 48.4 Å². The third-order valence-electron chi connectivity index (χ3n) is 2.87. The summed E-state index contributed by atoms with van der Waals surface area (Å²) in [4.78, 5) is 18.3. The van der Waals surface area contributed by atoms with Crippen molar-refractivity contribution >= 4 is 22.2 Å². The van der Waals surface area contributed by atoms with E-state index in [1.165, 1.54) is 0 Å². The quantitative estimate of drug-likeness (QED) is 0.803. The van der Waals surface area contributed by atoms with Crippen LogP contribution in [0.4, 0.5) is 0 Å². The Morgan fingerprint density at radius 1 is 1.25 bits per heavy atom. The fraction of sp³-hybridized carbons (Fsp3) is 0.200. The molecule has 102 valence electrons. The summed E-state index contributed by atoms with van der Waals surface area (Å²) in [5.74, 6) is -0.128. The molecule has 2 aromatic heterocycles. The lowest BCUT2D eigenvalue weighted by Crippen LogP contribution is -2.30. The number of carbonyl (C=O) groups is 1. The van der Waals surface area contributed by atoms with Gasteiger partial charge in [-0.2, -0.15) is 0 Å². The van der Waals surface area contributed by atoms with Crippen molar-refractivity contribution in [3.63, 3.8) is 0 Å². The molecule has 0 fully saturated rings. The number of hydrogen-bond donors (Lipinski definition) is 1. The van der Waals surface area contributed by atoms with E-state index in [1.54, 1.807) is 17.5 Å². The molecular formula is C15H15N3OS. The van der Waals surface area contributed by atoms with E-state index in [0.717, 1.165) is 15.4 Å². The molecule has 0 unspecified atom stereocenters. The van der Waals surface area contributed by atoms with Crippen LogP contribution in [0.15, 0.2) is 42.7 Å². The number of nitrogens with one attached hydrogen (secondary N) is 1. The number of thiazole rings is 1. The van der Waals surface area contributed by atoms with Gasteiger partial charge in [-0.1, -0.05) is 41.7 Å². The summed E-state index contributed by atoms with van der Waals surface area (Å²) in [5.41, 5.74) is 1.63. The molecule has 0 aliphatic heterocycles. The van der Waals surface area contributed by atoms with Crippen molar-refractivity contribution in [3.8, 4) is 10.4 Å². The van der Waals surface area contributed by atoms with Crippen LogP contribution in [-0.4, -0.2) is 21.3 Å². The summed E-state index contributed by atoms with van der Waals surface area (Å²) in [6.07, 6.45) is 3.78. The Bertz CT molecular complexity index is 711. The second kappa shape index (κ2) is 5.09. The van der Waals surface area contributed by atoms with E-state index < -0.39 is 0 Å². The van der Waals surface area contributed by atoms with Gasteiger partial charge in [0.25, 0.3) is 5.91 Å². The first-order valence-electron chi connectivity index (χ1n) is 6.48. The molecule has 1 aromatic carbocycles. The van der Waals surface area contributed by atoms with Crippen molar-refractivity contribution in [2.24, 2.45) is 0 Å². The van der Waals surface area contributed by atoms with Crippen molar-refractivity contribution in [1.82, 2.24) is 14.7 Å². The lowest BCUT2D eigenvalue weighted by Gasteiger charge is -2.05. The number of aromatic nitrogens is 2. The minimum Gasteiger partial charge on any atom is -0.348 e. The minimum atomic E-state index is -0.128. The van der Waals surface area contributed by atoms with Crippen molar-refractivity contribution < 1.29 is 4.79 Å². The van der Waals surface area contributed by atoms with Gasteiger partial charge in [-0.25, -0.2) is 4.98 Å². The number of carbonyl (C=O) groups excluding carboxylic acids is 1. The Balaban J connectivity index is 1.92. The van der Waals surface area contributed by atoms with Gasteiger partial charge in [-0.05, 0) is 19.4 Å². The average Bonchev–Trinajstić information content (AvgIpc) is 2.97. The van der Waals surface area contributed by atoms with E-state index in [0.29, 0.717) is 5.69 Å². The summed E-state index contributed by atoms with van der Waals surface area (Å²) >= 11 is 1.58. The Labute approximate surface area is 121 Å². The maximum atomic E-state index is 11.9. The normalized spacial score (nSPS) is 11.2. The Hall–Kier alpha value is -2.14. The van der Waals surface area contributed by atoms with E-state index in [2.05, 4.69) is 22.4 Å². The number of benzene rings is 1. The van der Waals surface area contributed by atoms with Crippen LogP contribution in [0.3, 0.4) is 0 Å². The molecule has 4 nitrogen and oxygen atoms in total. The minimum absolute atomic E-state index is 0.113. The molecule has 1 N–H and O–H groups in total. The third-order valence-corrected chi connectivity index (χ3v) is 3.91. The Morgan fingerprint density at radius 3 is 2.65 bits per heavy atom. The van der Waals surface area contributed by atoms with Crippen LogP contribution >= 0.6 is 11.3 Å². The number of hydrogen-bond acceptors (Lipinski definition) is 3. The number of fused-ring (bicyclic) bond motifs is 1. The topological polar surface area (TPSA) is 46.4 Å². The van der Waals surface area contributed by atoms with E-state index in [-0.39, 0.29) is 11.9 Å². The molecule has 5 heteroatoms. The molecule has 20 heavy (non-hydrogen) atoms. The lowest BCUT2D eigenvalue weighted by molar-refractivity contribution is 0.0938. The highest BCUT2D eigenvalue weighted by atomic mass is 32.1. The highest BCUT2D eigenvalue weighted by Crippen LogP contribution is 2.28. The van der Waals surface area contributed by atoms with Crippen LogP contribution in [0.1, 0.15) is 24.3 Å². The van der Waals surface area contributed by atoms with Crippen LogP contribution in [0.25, 0.3) is 15.4 Å². The van der Waals surface area contributed by atoms with Crippen LogP contribution in [0.5, 0.6) is 0 Å². The number of amides is 1. The largest absolute Gasteiger partial charge is 0.348 e. The predicted octanol–water partition coefficient (Wildman–Crippen LogP) is 3.20. The van der Waals surface area contributed by atoms with Crippen LogP contribution in [-0.2, 0) is 0 Å². The van der Waals surface area contributed by atoms with Gasteiger partial charge in [0.2, 0.25) is 0 Å². The fourth-order valence-electron chi connectivity index (χ4n) is 1.98. The summed E-state index contributed by atoms with van der Waals surface area (Å²) in [6, 6.07) is 10.3. The van der Waals surface area contributed by atoms with Crippen LogP contribution in [0.2, 0.25) is 0 Å². The zero-order chi connectivity index (χ0) is 14.1. The molecule has 0 atom stereocenters. The molecule has 3 aromatic rings. The molecule has 0 aliphatic rings. The molecule has 3 rings (SSSR count). The molecule has 0 saturated heterocycles. The molecule has 2 heterocycles. The predicted molar refractivity (Wildman–Crippen MR) is 81.1 cm³/mol. The van der Waals surface area contributed by atoms with Crippen LogP contribution < -0.4 is 5.32 Å². The molecule has 0 aliphatic carbocycles. The maximum absolute atomic E-state index is 11.9. The van der Waals surface area contributed by atoms with Gasteiger partial charge in [-0.3, -0.25) is 9.20 Å².